The van der Waals surface area contributed by atoms with Gasteiger partial charge in [0.1, 0.15) is 17.3 Å². The lowest BCUT2D eigenvalue weighted by Gasteiger charge is -2.09. The van der Waals surface area contributed by atoms with Gasteiger partial charge in [-0.15, -0.1) is 0 Å². The molecule has 0 aliphatic rings. The van der Waals surface area contributed by atoms with Crippen molar-refractivity contribution in [1.29, 1.82) is 0 Å². The standard InChI is InChI=1S/C15H17FN4O/c1-10(2)20-14-9-17-13(8-18-14)15(21)19-7-11-3-5-12(16)6-4-11/h3-6,8-10H,7H2,1-2H3,(H,18,20)(H,19,21). The molecule has 2 rings (SSSR count). The number of anilines is 1. The van der Waals surface area contributed by atoms with Gasteiger partial charge in [0.2, 0.25) is 0 Å². The van der Waals surface area contributed by atoms with E-state index in [4.69, 9.17) is 0 Å². The average Bonchev–Trinajstić information content (AvgIpc) is 2.46. The van der Waals surface area contributed by atoms with E-state index in [-0.39, 0.29) is 23.5 Å². The quantitative estimate of drug-likeness (QED) is 0.886. The molecule has 1 amide bonds. The van der Waals surface area contributed by atoms with E-state index in [9.17, 15) is 9.18 Å². The Hall–Kier alpha value is -2.50. The zero-order chi connectivity index (χ0) is 15.2. The average molecular weight is 288 g/mol. The highest BCUT2D eigenvalue weighted by molar-refractivity contribution is 5.91. The van der Waals surface area contributed by atoms with Gasteiger partial charge in [-0.2, -0.15) is 0 Å². The van der Waals surface area contributed by atoms with Crippen molar-refractivity contribution in [3.05, 3.63) is 53.7 Å². The van der Waals surface area contributed by atoms with E-state index >= 15 is 0 Å². The predicted molar refractivity (Wildman–Crippen MR) is 78.4 cm³/mol. The van der Waals surface area contributed by atoms with Gasteiger partial charge in [0.15, 0.2) is 0 Å². The molecule has 2 aromatic rings. The summed E-state index contributed by atoms with van der Waals surface area (Å²) >= 11 is 0. The number of benzene rings is 1. The number of hydrogen-bond donors (Lipinski definition) is 2. The second-order valence-corrected chi connectivity index (χ2v) is 4.90. The van der Waals surface area contributed by atoms with E-state index in [1.807, 2.05) is 13.8 Å². The SMILES string of the molecule is CC(C)Nc1cnc(C(=O)NCc2ccc(F)cc2)cn1. The highest BCUT2D eigenvalue weighted by atomic mass is 19.1. The summed E-state index contributed by atoms with van der Waals surface area (Å²) in [5.74, 6) is 0.00666. The third-order valence-electron chi connectivity index (χ3n) is 2.69. The van der Waals surface area contributed by atoms with Crippen LogP contribution in [-0.2, 0) is 6.54 Å². The van der Waals surface area contributed by atoms with Crippen LogP contribution in [0.4, 0.5) is 10.2 Å². The van der Waals surface area contributed by atoms with Crippen LogP contribution < -0.4 is 10.6 Å². The van der Waals surface area contributed by atoms with Crippen molar-refractivity contribution in [2.45, 2.75) is 26.4 Å². The summed E-state index contributed by atoms with van der Waals surface area (Å²) in [4.78, 5) is 20.1. The normalized spacial score (nSPS) is 10.5. The van der Waals surface area contributed by atoms with Crippen LogP contribution in [0.1, 0.15) is 29.9 Å². The molecule has 1 aromatic heterocycles. The monoisotopic (exact) mass is 288 g/mol. The van der Waals surface area contributed by atoms with Gasteiger partial charge in [-0.3, -0.25) is 4.79 Å². The van der Waals surface area contributed by atoms with Gasteiger partial charge < -0.3 is 10.6 Å². The van der Waals surface area contributed by atoms with Crippen molar-refractivity contribution in [1.82, 2.24) is 15.3 Å². The van der Waals surface area contributed by atoms with E-state index in [1.165, 1.54) is 24.5 Å². The highest BCUT2D eigenvalue weighted by Gasteiger charge is 2.08. The summed E-state index contributed by atoms with van der Waals surface area (Å²) in [5.41, 5.74) is 1.06. The summed E-state index contributed by atoms with van der Waals surface area (Å²) in [6, 6.07) is 6.20. The van der Waals surface area contributed by atoms with Gasteiger partial charge in [-0.25, -0.2) is 14.4 Å². The van der Waals surface area contributed by atoms with Crippen LogP contribution in [0.15, 0.2) is 36.7 Å². The molecule has 1 aromatic carbocycles. The maximum Gasteiger partial charge on any atom is 0.271 e. The molecule has 0 spiro atoms. The number of carbonyl (C=O) groups excluding carboxylic acids is 1. The number of amides is 1. The Labute approximate surface area is 122 Å². The van der Waals surface area contributed by atoms with Crippen LogP contribution in [-0.4, -0.2) is 21.9 Å². The summed E-state index contributed by atoms with van der Waals surface area (Å²) in [7, 11) is 0. The second kappa shape index (κ2) is 6.78. The molecule has 0 bridgehead atoms. The van der Waals surface area contributed by atoms with Crippen molar-refractivity contribution < 1.29 is 9.18 Å². The molecule has 0 saturated heterocycles. The van der Waals surface area contributed by atoms with Crippen LogP contribution in [0, 0.1) is 5.82 Å². The molecule has 6 heteroatoms. The van der Waals surface area contributed by atoms with Crippen molar-refractivity contribution in [2.24, 2.45) is 0 Å². The smallest absolute Gasteiger partial charge is 0.271 e. The fraction of sp³-hybridized carbons (Fsp3) is 0.267. The molecule has 0 fully saturated rings. The summed E-state index contributed by atoms with van der Waals surface area (Å²) < 4.78 is 12.8. The van der Waals surface area contributed by atoms with E-state index in [2.05, 4.69) is 20.6 Å². The minimum atomic E-state index is -0.317. The Balaban J connectivity index is 1.92. The highest BCUT2D eigenvalue weighted by Crippen LogP contribution is 2.05. The Bertz CT molecular complexity index is 596. The van der Waals surface area contributed by atoms with Crippen LogP contribution in [0.2, 0.25) is 0 Å². The molecular formula is C15H17FN4O. The van der Waals surface area contributed by atoms with Crippen molar-refractivity contribution >= 4 is 11.7 Å². The number of hydrogen-bond acceptors (Lipinski definition) is 4. The molecule has 0 aliphatic heterocycles. The lowest BCUT2D eigenvalue weighted by Crippen LogP contribution is -2.24. The van der Waals surface area contributed by atoms with Crippen molar-refractivity contribution in [3.8, 4) is 0 Å². The predicted octanol–water partition coefficient (Wildman–Crippen LogP) is 2.37. The first-order valence-corrected chi connectivity index (χ1v) is 6.66. The molecular weight excluding hydrogens is 271 g/mol. The third-order valence-corrected chi connectivity index (χ3v) is 2.69. The Morgan fingerprint density at radius 1 is 1.19 bits per heavy atom. The van der Waals surface area contributed by atoms with Crippen molar-refractivity contribution in [3.63, 3.8) is 0 Å². The number of aromatic nitrogens is 2. The first-order valence-electron chi connectivity index (χ1n) is 6.66. The van der Waals surface area contributed by atoms with E-state index in [1.54, 1.807) is 12.1 Å². The number of carbonyl (C=O) groups is 1. The first kappa shape index (κ1) is 14.9. The summed E-state index contributed by atoms with van der Waals surface area (Å²) in [6.45, 7) is 4.29. The van der Waals surface area contributed by atoms with Crippen LogP contribution in [0.5, 0.6) is 0 Å². The van der Waals surface area contributed by atoms with Crippen LogP contribution >= 0.6 is 0 Å². The van der Waals surface area contributed by atoms with Gasteiger partial charge in [0.25, 0.3) is 5.91 Å². The Kier molecular flexibility index (Phi) is 4.81. The van der Waals surface area contributed by atoms with Gasteiger partial charge in [0, 0.05) is 12.6 Å². The Morgan fingerprint density at radius 2 is 1.90 bits per heavy atom. The Morgan fingerprint density at radius 3 is 2.48 bits per heavy atom. The van der Waals surface area contributed by atoms with Gasteiger partial charge in [-0.1, -0.05) is 12.1 Å². The molecule has 0 unspecified atom stereocenters. The molecule has 0 aliphatic carbocycles. The van der Waals surface area contributed by atoms with Crippen LogP contribution in [0.25, 0.3) is 0 Å². The summed E-state index contributed by atoms with van der Waals surface area (Å²) in [6.07, 6.45) is 2.94. The summed E-state index contributed by atoms with van der Waals surface area (Å²) in [5, 5.41) is 5.80. The van der Waals surface area contributed by atoms with Crippen molar-refractivity contribution in [2.75, 3.05) is 5.32 Å². The minimum Gasteiger partial charge on any atom is -0.367 e. The van der Waals surface area contributed by atoms with Gasteiger partial charge in [0.05, 0.1) is 12.4 Å². The zero-order valence-corrected chi connectivity index (χ0v) is 11.9. The fourth-order valence-electron chi connectivity index (χ4n) is 1.69. The zero-order valence-electron chi connectivity index (χ0n) is 11.9. The largest absolute Gasteiger partial charge is 0.367 e. The molecule has 0 radical (unpaired) electrons. The van der Waals surface area contributed by atoms with Gasteiger partial charge >= 0.3 is 0 Å². The van der Waals surface area contributed by atoms with Gasteiger partial charge in [-0.05, 0) is 31.5 Å². The molecule has 0 atom stereocenters. The molecule has 5 nitrogen and oxygen atoms in total. The molecule has 2 N–H and O–H groups in total. The number of halogens is 1. The molecule has 21 heavy (non-hydrogen) atoms. The van der Waals surface area contributed by atoms with E-state index < -0.39 is 0 Å². The topological polar surface area (TPSA) is 66.9 Å². The maximum absolute atomic E-state index is 12.8. The second-order valence-electron chi connectivity index (χ2n) is 4.90. The third kappa shape index (κ3) is 4.52. The molecule has 1 heterocycles. The number of nitrogens with zero attached hydrogens (tertiary/aromatic N) is 2. The first-order chi connectivity index (χ1) is 10.0. The minimum absolute atomic E-state index is 0.242. The van der Waals surface area contributed by atoms with E-state index in [0.29, 0.717) is 12.4 Å². The molecule has 0 saturated carbocycles. The number of nitrogens with one attached hydrogen (secondary N) is 2. The number of rotatable bonds is 5. The van der Waals surface area contributed by atoms with E-state index in [0.717, 1.165) is 5.56 Å². The lowest BCUT2D eigenvalue weighted by molar-refractivity contribution is 0.0945. The lowest BCUT2D eigenvalue weighted by atomic mass is 10.2. The molecule has 110 valence electrons. The fourth-order valence-corrected chi connectivity index (χ4v) is 1.69. The van der Waals surface area contributed by atoms with Crippen LogP contribution in [0.3, 0.4) is 0 Å². The maximum atomic E-state index is 12.8.